The lowest BCUT2D eigenvalue weighted by atomic mass is 10.2. The molecule has 0 saturated heterocycles. The van der Waals surface area contributed by atoms with Crippen molar-refractivity contribution in [3.63, 3.8) is 0 Å². The highest BCUT2D eigenvalue weighted by atomic mass is 32.1. The van der Waals surface area contributed by atoms with Crippen molar-refractivity contribution in [3.8, 4) is 5.75 Å². The highest BCUT2D eigenvalue weighted by Crippen LogP contribution is 2.32. The molecule has 0 amide bonds. The summed E-state index contributed by atoms with van der Waals surface area (Å²) in [6.07, 6.45) is 0. The summed E-state index contributed by atoms with van der Waals surface area (Å²) in [6.45, 7) is 1.81. The zero-order valence-electron chi connectivity index (χ0n) is 13.7. The minimum absolute atomic E-state index is 0.0374. The fourth-order valence-corrected chi connectivity index (χ4v) is 2.24. The number of likely N-dealkylation sites (N-methyl/N-ethyl adjacent to an activating group) is 1. The van der Waals surface area contributed by atoms with Gasteiger partial charge in [0.25, 0.3) is 0 Å². The van der Waals surface area contributed by atoms with Gasteiger partial charge in [-0.25, -0.2) is 0 Å². The van der Waals surface area contributed by atoms with Gasteiger partial charge in [0.1, 0.15) is 24.0 Å². The van der Waals surface area contributed by atoms with Gasteiger partial charge in [-0.15, -0.1) is 0 Å². The third-order valence-electron chi connectivity index (χ3n) is 3.41. The number of para-hydroxylation sites is 1. The number of anilines is 2. The average molecular weight is 344 g/mol. The van der Waals surface area contributed by atoms with E-state index in [4.69, 9.17) is 27.4 Å². The second-order valence-electron chi connectivity index (χ2n) is 5.20. The lowest BCUT2D eigenvalue weighted by Gasteiger charge is -2.23. The quantitative estimate of drug-likeness (QED) is 0.493. The van der Waals surface area contributed by atoms with Crippen LogP contribution < -0.4 is 15.4 Å². The van der Waals surface area contributed by atoms with E-state index in [-0.39, 0.29) is 12.6 Å². The predicted octanol–water partition coefficient (Wildman–Crippen LogP) is 3.17. The molecule has 0 aliphatic rings. The molecule has 6 heteroatoms. The molecule has 126 valence electrons. The summed E-state index contributed by atoms with van der Waals surface area (Å²) in [4.78, 5) is 13.1. The smallest absolute Gasteiger partial charge is 0.303 e. The molecule has 0 aromatic heterocycles. The van der Waals surface area contributed by atoms with Gasteiger partial charge in [0.05, 0.1) is 11.4 Å². The van der Waals surface area contributed by atoms with E-state index in [1.165, 1.54) is 6.92 Å². The summed E-state index contributed by atoms with van der Waals surface area (Å²) in [5, 5.41) is 0. The molecule has 24 heavy (non-hydrogen) atoms. The lowest BCUT2D eigenvalue weighted by molar-refractivity contribution is -0.139. The molecule has 2 aromatic carbocycles. The number of hydrogen-bond donors (Lipinski definition) is 1. The molecule has 0 aliphatic carbocycles. The fourth-order valence-electron chi connectivity index (χ4n) is 2.08. The zero-order chi connectivity index (χ0) is 17.5. The van der Waals surface area contributed by atoms with Crippen LogP contribution in [0.4, 0.5) is 11.4 Å². The van der Waals surface area contributed by atoms with E-state index in [9.17, 15) is 4.79 Å². The number of carbonyl (C=O) groups is 1. The van der Waals surface area contributed by atoms with Crippen molar-refractivity contribution >= 4 is 34.6 Å². The number of benzene rings is 2. The van der Waals surface area contributed by atoms with Crippen molar-refractivity contribution in [2.24, 2.45) is 0 Å². The second kappa shape index (κ2) is 8.31. The normalized spacial score (nSPS) is 10.1. The molecule has 0 unspecified atom stereocenters. The average Bonchev–Trinajstić information content (AvgIpc) is 2.59. The van der Waals surface area contributed by atoms with Crippen LogP contribution in [0.2, 0.25) is 0 Å². The molecule has 0 aliphatic heterocycles. The Morgan fingerprint density at radius 3 is 2.54 bits per heavy atom. The summed E-state index contributed by atoms with van der Waals surface area (Å²) in [5.74, 6) is 0.206. The van der Waals surface area contributed by atoms with Gasteiger partial charge >= 0.3 is 5.97 Å². The van der Waals surface area contributed by atoms with E-state index >= 15 is 0 Å². The van der Waals surface area contributed by atoms with Gasteiger partial charge in [0.2, 0.25) is 0 Å². The molecule has 2 aromatic rings. The van der Waals surface area contributed by atoms with Crippen molar-refractivity contribution < 1.29 is 14.3 Å². The van der Waals surface area contributed by atoms with E-state index in [0.29, 0.717) is 28.7 Å². The highest BCUT2D eigenvalue weighted by Gasteiger charge is 2.14. The molecule has 0 spiro atoms. The molecule has 2 rings (SSSR count). The van der Waals surface area contributed by atoms with Crippen LogP contribution in [0.15, 0.2) is 48.5 Å². The second-order valence-corrected chi connectivity index (χ2v) is 5.67. The number of rotatable bonds is 6. The number of nitrogens with two attached hydrogens (primary N) is 1. The molecule has 0 fully saturated rings. The number of ether oxygens (including phenoxy) is 2. The molecular weight excluding hydrogens is 324 g/mol. The van der Waals surface area contributed by atoms with Crippen LogP contribution in [0.3, 0.4) is 0 Å². The molecule has 0 radical (unpaired) electrons. The Kier molecular flexibility index (Phi) is 6.14. The maximum atomic E-state index is 10.9. The number of hydrogen-bond acceptors (Lipinski definition) is 5. The number of nitrogen functional groups attached to an aromatic ring is 1. The summed E-state index contributed by atoms with van der Waals surface area (Å²) in [6, 6.07) is 15.3. The van der Waals surface area contributed by atoms with E-state index in [2.05, 4.69) is 0 Å². The summed E-state index contributed by atoms with van der Waals surface area (Å²) < 4.78 is 10.7. The van der Waals surface area contributed by atoms with Crippen LogP contribution in [0.5, 0.6) is 5.75 Å². The molecule has 5 nitrogen and oxygen atoms in total. The van der Waals surface area contributed by atoms with Crippen molar-refractivity contribution in [2.45, 2.75) is 13.5 Å². The molecular formula is C18H20N2O3S. The molecule has 0 atom stereocenters. The van der Waals surface area contributed by atoms with E-state index < -0.39 is 0 Å². The van der Waals surface area contributed by atoms with E-state index in [1.807, 2.05) is 48.5 Å². The Morgan fingerprint density at radius 2 is 1.88 bits per heavy atom. The van der Waals surface area contributed by atoms with Crippen LogP contribution in [-0.2, 0) is 16.1 Å². The van der Waals surface area contributed by atoms with Crippen LogP contribution in [-0.4, -0.2) is 24.6 Å². The zero-order valence-corrected chi connectivity index (χ0v) is 14.5. The van der Waals surface area contributed by atoms with Crippen molar-refractivity contribution in [3.05, 3.63) is 54.1 Å². The van der Waals surface area contributed by atoms with Gasteiger partial charge in [0.15, 0.2) is 0 Å². The van der Waals surface area contributed by atoms with Gasteiger partial charge in [-0.1, -0.05) is 48.6 Å². The monoisotopic (exact) mass is 344 g/mol. The Labute approximate surface area is 147 Å². The van der Waals surface area contributed by atoms with Crippen molar-refractivity contribution in [2.75, 3.05) is 24.3 Å². The SMILES string of the molecule is CC(=O)OCC(=S)N(C)c1cccc(OCc2ccccc2)c1N. The molecule has 2 N–H and O–H groups in total. The number of thiocarbonyl (C=S) groups is 1. The van der Waals surface area contributed by atoms with Gasteiger partial charge in [-0.2, -0.15) is 0 Å². The van der Waals surface area contributed by atoms with E-state index in [0.717, 1.165) is 5.56 Å². The first-order valence-electron chi connectivity index (χ1n) is 7.44. The number of esters is 1. The van der Waals surface area contributed by atoms with Crippen molar-refractivity contribution in [1.82, 2.24) is 0 Å². The maximum Gasteiger partial charge on any atom is 0.303 e. The molecule has 0 saturated carbocycles. The largest absolute Gasteiger partial charge is 0.487 e. The Hall–Kier alpha value is -2.60. The summed E-state index contributed by atoms with van der Waals surface area (Å²) >= 11 is 5.27. The van der Waals surface area contributed by atoms with Crippen LogP contribution in [0.25, 0.3) is 0 Å². The minimum Gasteiger partial charge on any atom is -0.487 e. The predicted molar refractivity (Wildman–Crippen MR) is 99.3 cm³/mol. The summed E-state index contributed by atoms with van der Waals surface area (Å²) in [5.41, 5.74) is 8.46. The number of carbonyl (C=O) groups excluding carboxylic acids is 1. The molecule has 0 heterocycles. The molecule has 0 bridgehead atoms. The topological polar surface area (TPSA) is 64.8 Å². The third kappa shape index (κ3) is 4.70. The minimum atomic E-state index is -0.376. The standard InChI is InChI=1S/C18H20N2O3S/c1-13(21)22-12-17(24)20(2)15-9-6-10-16(18(15)19)23-11-14-7-4-3-5-8-14/h3-10H,11-12,19H2,1-2H3. The van der Waals surface area contributed by atoms with E-state index in [1.54, 1.807) is 11.9 Å². The maximum absolute atomic E-state index is 10.9. The van der Waals surface area contributed by atoms with Gasteiger partial charge in [0, 0.05) is 14.0 Å². The van der Waals surface area contributed by atoms with Gasteiger partial charge < -0.3 is 20.1 Å². The highest BCUT2D eigenvalue weighted by molar-refractivity contribution is 7.80. The number of nitrogens with zero attached hydrogens (tertiary/aromatic N) is 1. The van der Waals surface area contributed by atoms with Crippen LogP contribution in [0, 0.1) is 0 Å². The Balaban J connectivity index is 2.09. The Bertz CT molecular complexity index is 719. The van der Waals surface area contributed by atoms with Gasteiger partial charge in [-0.05, 0) is 17.7 Å². The summed E-state index contributed by atoms with van der Waals surface area (Å²) in [7, 11) is 1.78. The first-order valence-corrected chi connectivity index (χ1v) is 7.85. The van der Waals surface area contributed by atoms with Crippen molar-refractivity contribution in [1.29, 1.82) is 0 Å². The first-order chi connectivity index (χ1) is 11.5. The fraction of sp³-hybridized carbons (Fsp3) is 0.222. The first kappa shape index (κ1) is 17.7. The van der Waals surface area contributed by atoms with Crippen LogP contribution in [0.1, 0.15) is 12.5 Å². The van der Waals surface area contributed by atoms with Crippen LogP contribution >= 0.6 is 12.2 Å². The Morgan fingerprint density at radius 1 is 1.17 bits per heavy atom. The third-order valence-corrected chi connectivity index (χ3v) is 3.81. The van der Waals surface area contributed by atoms with Gasteiger partial charge in [-0.3, -0.25) is 4.79 Å². The lowest BCUT2D eigenvalue weighted by Crippen LogP contribution is -2.29.